The van der Waals surface area contributed by atoms with E-state index in [4.69, 9.17) is 5.73 Å². The summed E-state index contributed by atoms with van der Waals surface area (Å²) in [7, 11) is 0. The second-order valence-corrected chi connectivity index (χ2v) is 8.00. The van der Waals surface area contributed by atoms with Gasteiger partial charge in [0.15, 0.2) is 0 Å². The van der Waals surface area contributed by atoms with Gasteiger partial charge in [-0.15, -0.1) is 0 Å². The number of aromatic nitrogens is 4. The summed E-state index contributed by atoms with van der Waals surface area (Å²) in [5.74, 6) is -2.71. The molecule has 1 aliphatic rings. The Hall–Kier alpha value is -3.74. The Morgan fingerprint density at radius 3 is 2.24 bits per heavy atom. The lowest BCUT2D eigenvalue weighted by atomic mass is 10.1. The molecule has 178 valence electrons. The molecule has 1 saturated heterocycles. The molecule has 0 aliphatic carbocycles. The van der Waals surface area contributed by atoms with Gasteiger partial charge in [0, 0.05) is 43.2 Å². The van der Waals surface area contributed by atoms with Crippen molar-refractivity contribution >= 4 is 23.7 Å². The lowest BCUT2D eigenvalue weighted by molar-refractivity contribution is -0.144. The van der Waals surface area contributed by atoms with Gasteiger partial charge in [-0.2, -0.15) is 0 Å². The number of carboxylic acids is 1. The molecule has 0 saturated carbocycles. The largest absolute Gasteiger partial charge is 0.480 e. The number of rotatable bonds is 10. The second kappa shape index (κ2) is 10.7. The molecular formula is C20H28N8O5. The highest BCUT2D eigenvalue weighted by molar-refractivity contribution is 5.94. The van der Waals surface area contributed by atoms with Crippen molar-refractivity contribution in [3.63, 3.8) is 0 Å². The number of carbonyl (C=O) groups is 4. The Kier molecular flexibility index (Phi) is 7.77. The zero-order valence-electron chi connectivity index (χ0n) is 18.2. The highest BCUT2D eigenvalue weighted by atomic mass is 16.4. The van der Waals surface area contributed by atoms with Crippen LogP contribution in [0.25, 0.3) is 0 Å². The minimum absolute atomic E-state index is 0.0225. The number of hydrogen-bond acceptors (Lipinski definition) is 7. The van der Waals surface area contributed by atoms with Crippen molar-refractivity contribution in [1.29, 1.82) is 0 Å². The summed E-state index contributed by atoms with van der Waals surface area (Å²) in [6.45, 7) is 1.81. The minimum atomic E-state index is -1.20. The fraction of sp³-hybridized carbons (Fsp3) is 0.500. The highest BCUT2D eigenvalue weighted by Gasteiger charge is 2.39. The molecule has 3 rings (SSSR count). The van der Waals surface area contributed by atoms with E-state index in [1.54, 1.807) is 6.20 Å². The van der Waals surface area contributed by atoms with Crippen LogP contribution in [0.5, 0.6) is 0 Å². The molecule has 0 bridgehead atoms. The fourth-order valence-corrected chi connectivity index (χ4v) is 3.71. The van der Waals surface area contributed by atoms with Crippen LogP contribution in [0.1, 0.15) is 31.2 Å². The molecule has 0 aromatic carbocycles. The van der Waals surface area contributed by atoms with E-state index in [-0.39, 0.29) is 12.8 Å². The van der Waals surface area contributed by atoms with Crippen molar-refractivity contribution in [3.05, 3.63) is 36.4 Å². The first-order valence-corrected chi connectivity index (χ1v) is 10.6. The molecule has 1 aliphatic heterocycles. The Morgan fingerprint density at radius 2 is 1.73 bits per heavy atom. The molecule has 2 aromatic rings. The number of hydrogen-bond donors (Lipinski definition) is 6. The number of carbonyl (C=O) groups excluding carboxylic acids is 3. The van der Waals surface area contributed by atoms with Crippen molar-refractivity contribution < 1.29 is 24.3 Å². The SMILES string of the molecule is C[C@H](N)C(=O)N[C@@H](Cc1cnc[nH]1)C(=O)N1CCC[C@H]1C(=O)N[C@@H](Cc1cnc[nH]1)C(=O)O. The van der Waals surface area contributed by atoms with E-state index >= 15 is 0 Å². The van der Waals surface area contributed by atoms with Crippen LogP contribution in [0.15, 0.2) is 25.0 Å². The smallest absolute Gasteiger partial charge is 0.326 e. The van der Waals surface area contributed by atoms with E-state index in [9.17, 15) is 24.3 Å². The number of carboxylic acid groups (broad SMARTS) is 1. The van der Waals surface area contributed by atoms with Crippen LogP contribution in [-0.4, -0.2) is 84.3 Å². The number of likely N-dealkylation sites (tertiary alicyclic amines) is 1. The van der Waals surface area contributed by atoms with Gasteiger partial charge in [0.1, 0.15) is 18.1 Å². The predicted molar refractivity (Wildman–Crippen MR) is 114 cm³/mol. The van der Waals surface area contributed by atoms with Crippen LogP contribution in [0.2, 0.25) is 0 Å². The summed E-state index contributed by atoms with van der Waals surface area (Å²) in [4.78, 5) is 65.0. The average Bonchev–Trinajstić information content (AvgIpc) is 3.54. The quantitative estimate of drug-likeness (QED) is 0.241. The summed E-state index contributed by atoms with van der Waals surface area (Å²) < 4.78 is 0. The van der Waals surface area contributed by atoms with Crippen LogP contribution < -0.4 is 16.4 Å². The third-order valence-corrected chi connectivity index (χ3v) is 5.44. The first-order valence-electron chi connectivity index (χ1n) is 10.6. The molecule has 0 radical (unpaired) electrons. The maximum Gasteiger partial charge on any atom is 0.326 e. The lowest BCUT2D eigenvalue weighted by Gasteiger charge is -2.29. The number of nitrogens with two attached hydrogens (primary N) is 1. The molecule has 2 aromatic heterocycles. The van der Waals surface area contributed by atoms with Gasteiger partial charge in [-0.3, -0.25) is 14.4 Å². The van der Waals surface area contributed by atoms with E-state index in [2.05, 4.69) is 30.6 Å². The normalized spacial score (nSPS) is 18.4. The molecule has 1 fully saturated rings. The third-order valence-electron chi connectivity index (χ3n) is 5.44. The Labute approximate surface area is 189 Å². The number of aliphatic carboxylic acids is 1. The van der Waals surface area contributed by atoms with E-state index < -0.39 is 47.9 Å². The predicted octanol–water partition coefficient (Wildman–Crippen LogP) is -1.69. The Morgan fingerprint density at radius 1 is 1.12 bits per heavy atom. The van der Waals surface area contributed by atoms with E-state index in [1.165, 1.54) is 30.7 Å². The summed E-state index contributed by atoms with van der Waals surface area (Å²) >= 11 is 0. The van der Waals surface area contributed by atoms with Gasteiger partial charge >= 0.3 is 5.97 Å². The molecule has 0 unspecified atom stereocenters. The van der Waals surface area contributed by atoms with Crippen molar-refractivity contribution in [2.45, 2.75) is 56.8 Å². The van der Waals surface area contributed by atoms with Gasteiger partial charge in [0.2, 0.25) is 17.7 Å². The fourth-order valence-electron chi connectivity index (χ4n) is 3.71. The number of nitrogens with one attached hydrogen (secondary N) is 4. The molecule has 0 spiro atoms. The van der Waals surface area contributed by atoms with Crippen LogP contribution >= 0.6 is 0 Å². The Bertz CT molecular complexity index is 959. The topological polar surface area (TPSA) is 199 Å². The van der Waals surface area contributed by atoms with Crippen LogP contribution in [0.4, 0.5) is 0 Å². The molecule has 3 amide bonds. The van der Waals surface area contributed by atoms with Crippen molar-refractivity contribution in [2.24, 2.45) is 5.73 Å². The maximum atomic E-state index is 13.3. The summed E-state index contributed by atoms with van der Waals surface area (Å²) in [5.41, 5.74) is 6.83. The second-order valence-electron chi connectivity index (χ2n) is 8.00. The van der Waals surface area contributed by atoms with E-state index in [0.717, 1.165) is 0 Å². The van der Waals surface area contributed by atoms with E-state index in [0.29, 0.717) is 30.8 Å². The number of imidazole rings is 2. The van der Waals surface area contributed by atoms with Crippen LogP contribution in [0.3, 0.4) is 0 Å². The van der Waals surface area contributed by atoms with Crippen LogP contribution in [-0.2, 0) is 32.0 Å². The van der Waals surface area contributed by atoms with Gasteiger partial charge in [0.25, 0.3) is 0 Å². The number of aromatic amines is 2. The van der Waals surface area contributed by atoms with Gasteiger partial charge in [-0.05, 0) is 19.8 Å². The van der Waals surface area contributed by atoms with Gasteiger partial charge < -0.3 is 36.3 Å². The van der Waals surface area contributed by atoms with Crippen molar-refractivity contribution in [2.75, 3.05) is 6.54 Å². The first kappa shape index (κ1) is 23.9. The zero-order chi connectivity index (χ0) is 24.0. The molecule has 13 nitrogen and oxygen atoms in total. The van der Waals surface area contributed by atoms with Gasteiger partial charge in [-0.25, -0.2) is 14.8 Å². The lowest BCUT2D eigenvalue weighted by Crippen LogP contribution is -2.57. The third kappa shape index (κ3) is 6.16. The zero-order valence-corrected chi connectivity index (χ0v) is 18.2. The molecular weight excluding hydrogens is 432 g/mol. The first-order chi connectivity index (χ1) is 15.8. The summed E-state index contributed by atoms with van der Waals surface area (Å²) in [5, 5.41) is 14.7. The van der Waals surface area contributed by atoms with Crippen molar-refractivity contribution in [3.8, 4) is 0 Å². The maximum absolute atomic E-state index is 13.3. The molecule has 13 heteroatoms. The van der Waals surface area contributed by atoms with Crippen molar-refractivity contribution in [1.82, 2.24) is 35.5 Å². The van der Waals surface area contributed by atoms with Gasteiger partial charge in [0.05, 0.1) is 18.7 Å². The number of amides is 3. The summed E-state index contributed by atoms with van der Waals surface area (Å²) in [6.07, 6.45) is 7.01. The number of H-pyrrole nitrogens is 2. The summed E-state index contributed by atoms with van der Waals surface area (Å²) in [6, 6.07) is -3.82. The van der Waals surface area contributed by atoms with Gasteiger partial charge in [-0.1, -0.05) is 0 Å². The molecule has 3 heterocycles. The monoisotopic (exact) mass is 460 g/mol. The molecule has 33 heavy (non-hydrogen) atoms. The Balaban J connectivity index is 1.72. The molecule has 4 atom stereocenters. The highest BCUT2D eigenvalue weighted by Crippen LogP contribution is 2.20. The van der Waals surface area contributed by atoms with E-state index in [1.807, 2.05) is 0 Å². The van der Waals surface area contributed by atoms with Crippen LogP contribution in [0, 0.1) is 0 Å². The standard InChI is InChI=1S/C20H28N8O5/c1-11(21)17(29)26-14(5-12-7-22-9-24-12)19(31)28-4-2-3-16(28)18(30)27-15(20(32)33)6-13-8-23-10-25-13/h7-11,14-16H,2-6,21H2,1H3,(H,22,24)(H,23,25)(H,26,29)(H,27,30)(H,32,33)/t11-,14-,15-,16-/m0/s1. The number of nitrogens with zero attached hydrogens (tertiary/aromatic N) is 3. The minimum Gasteiger partial charge on any atom is -0.480 e. The molecule has 7 N–H and O–H groups in total. The average molecular weight is 460 g/mol.